The normalized spacial score (nSPS) is 13.2. The summed E-state index contributed by atoms with van der Waals surface area (Å²) < 4.78 is 0. The van der Waals surface area contributed by atoms with Crippen LogP contribution in [0.2, 0.25) is 0 Å². The highest BCUT2D eigenvalue weighted by Gasteiger charge is 2.06. The van der Waals surface area contributed by atoms with E-state index in [4.69, 9.17) is 15.1 Å². The van der Waals surface area contributed by atoms with E-state index in [1.54, 1.807) is 7.05 Å². The number of rotatable bonds is 11. The van der Waals surface area contributed by atoms with Crippen LogP contribution in [0.25, 0.3) is 0 Å². The van der Waals surface area contributed by atoms with E-state index in [0.29, 0.717) is 13.1 Å². The lowest BCUT2D eigenvalue weighted by molar-refractivity contribution is -0.125. The molecule has 0 aromatic rings. The molecule has 126 valence electrons. The molecule has 0 radical (unpaired) electrons. The quantitative estimate of drug-likeness (QED) is 0.186. The van der Waals surface area contributed by atoms with Crippen LogP contribution >= 0.6 is 0 Å². The van der Waals surface area contributed by atoms with Crippen LogP contribution in [-0.4, -0.2) is 73.0 Å². The topological polar surface area (TPSA) is 123 Å². The number of likely N-dealkylation sites (N-methyl/N-ethyl adjacent to an activating group) is 1. The summed E-state index contributed by atoms with van der Waals surface area (Å²) in [5.74, 6) is -0.294. The predicted octanol–water partition coefficient (Wildman–Crippen LogP) is -1.16. The van der Waals surface area contributed by atoms with Gasteiger partial charge in [0, 0.05) is 13.1 Å². The lowest BCUT2D eigenvalue weighted by Crippen LogP contribution is -2.32. The van der Waals surface area contributed by atoms with Crippen LogP contribution in [0, 0.1) is 0 Å². The van der Waals surface area contributed by atoms with Gasteiger partial charge in [-0.25, -0.2) is 0 Å². The van der Waals surface area contributed by atoms with Crippen molar-refractivity contribution in [1.82, 2.24) is 10.6 Å². The maximum atomic E-state index is 11.2. The highest BCUT2D eigenvalue weighted by molar-refractivity contribution is 5.77. The Labute approximate surface area is 126 Å². The lowest BCUT2D eigenvalue weighted by Gasteiger charge is -2.08. The predicted molar refractivity (Wildman–Crippen MR) is 81.1 cm³/mol. The number of carbonyl (C=O) groups is 1. The van der Waals surface area contributed by atoms with E-state index < -0.39 is 12.2 Å². The Morgan fingerprint density at radius 2 is 1.95 bits per heavy atom. The molecule has 0 aliphatic carbocycles. The Balaban J connectivity index is 0. The van der Waals surface area contributed by atoms with Gasteiger partial charge < -0.3 is 30.8 Å². The molecular weight excluding hydrogens is 278 g/mol. The Kier molecular flexibility index (Phi) is 17.7. The molecule has 0 bridgehead atoms. The third-order valence-electron chi connectivity index (χ3n) is 2.21. The van der Waals surface area contributed by atoms with Crippen LogP contribution in [0.3, 0.4) is 0 Å². The maximum Gasteiger partial charge on any atom is 0.260 e. The Bertz CT molecular complexity index is 264. The minimum absolute atomic E-state index is 0.216. The van der Waals surface area contributed by atoms with Crippen LogP contribution in [0.15, 0.2) is 5.16 Å². The second-order valence-electron chi connectivity index (χ2n) is 3.96. The lowest BCUT2D eigenvalue weighted by atomic mass is 10.1. The first-order valence-electron chi connectivity index (χ1n) is 7.13. The van der Waals surface area contributed by atoms with Crippen molar-refractivity contribution in [1.29, 1.82) is 0 Å². The third kappa shape index (κ3) is 16.7. The fraction of sp³-hybridized carbons (Fsp3) is 0.846. The van der Waals surface area contributed by atoms with Gasteiger partial charge in [0.2, 0.25) is 0 Å². The molecule has 2 atom stereocenters. The smallest absolute Gasteiger partial charge is 0.260 e. The minimum atomic E-state index is -0.881. The average Bonchev–Trinajstić information content (AvgIpc) is 2.51. The zero-order valence-corrected chi connectivity index (χ0v) is 13.1. The molecule has 21 heavy (non-hydrogen) atoms. The molecule has 0 spiro atoms. The number of aliphatic hydroxyl groups excluding tert-OH is 3. The number of aliphatic hydroxyl groups is 3. The SMILES string of the molecule is CC.CNCCNC(=O)CO/N=C/C(O)CCC(O)CO. The van der Waals surface area contributed by atoms with Gasteiger partial charge in [0.15, 0.2) is 6.61 Å². The van der Waals surface area contributed by atoms with E-state index in [1.165, 1.54) is 0 Å². The monoisotopic (exact) mass is 307 g/mol. The molecule has 0 aromatic carbocycles. The number of carbonyl (C=O) groups excluding carboxylic acids is 1. The van der Waals surface area contributed by atoms with E-state index in [-0.39, 0.29) is 32.0 Å². The first-order chi connectivity index (χ1) is 10.1. The number of oxime groups is 1. The first kappa shape index (κ1) is 22.1. The number of amides is 1. The molecule has 1 amide bonds. The van der Waals surface area contributed by atoms with Crippen LogP contribution in [0.4, 0.5) is 0 Å². The van der Waals surface area contributed by atoms with Crippen molar-refractivity contribution >= 4 is 12.1 Å². The van der Waals surface area contributed by atoms with E-state index in [1.807, 2.05) is 13.8 Å². The average molecular weight is 307 g/mol. The maximum absolute atomic E-state index is 11.2. The molecule has 0 aliphatic rings. The minimum Gasteiger partial charge on any atom is -0.394 e. The van der Waals surface area contributed by atoms with E-state index >= 15 is 0 Å². The van der Waals surface area contributed by atoms with E-state index in [9.17, 15) is 9.90 Å². The van der Waals surface area contributed by atoms with Gasteiger partial charge in [0.1, 0.15) is 0 Å². The number of nitrogens with one attached hydrogen (secondary N) is 2. The van der Waals surface area contributed by atoms with Crippen molar-refractivity contribution in [2.75, 3.05) is 33.4 Å². The van der Waals surface area contributed by atoms with Gasteiger partial charge in [0.05, 0.1) is 25.0 Å². The third-order valence-corrected chi connectivity index (χ3v) is 2.21. The summed E-state index contributed by atoms with van der Waals surface area (Å²) in [7, 11) is 1.78. The fourth-order valence-corrected chi connectivity index (χ4v) is 1.12. The van der Waals surface area contributed by atoms with Gasteiger partial charge in [-0.1, -0.05) is 19.0 Å². The molecule has 8 heteroatoms. The Morgan fingerprint density at radius 1 is 1.29 bits per heavy atom. The summed E-state index contributed by atoms with van der Waals surface area (Å²) >= 11 is 0. The molecule has 0 aliphatic heterocycles. The summed E-state index contributed by atoms with van der Waals surface area (Å²) in [6.07, 6.45) is -0.0715. The molecule has 0 saturated carbocycles. The van der Waals surface area contributed by atoms with Gasteiger partial charge >= 0.3 is 0 Å². The summed E-state index contributed by atoms with van der Waals surface area (Å²) in [5.41, 5.74) is 0. The molecule has 8 nitrogen and oxygen atoms in total. The highest BCUT2D eigenvalue weighted by atomic mass is 16.6. The Morgan fingerprint density at radius 3 is 2.52 bits per heavy atom. The van der Waals surface area contributed by atoms with Gasteiger partial charge in [0.25, 0.3) is 5.91 Å². The number of hydrogen-bond donors (Lipinski definition) is 5. The summed E-state index contributed by atoms with van der Waals surface area (Å²) in [6.45, 7) is 4.62. The van der Waals surface area contributed by atoms with Crippen LogP contribution in [0.1, 0.15) is 26.7 Å². The number of nitrogens with zero attached hydrogens (tertiary/aromatic N) is 1. The first-order valence-corrected chi connectivity index (χ1v) is 7.13. The molecule has 0 fully saturated rings. The standard InChI is InChI=1S/C11H23N3O5.C2H6/c1-12-4-5-13-11(18)8-19-14-6-9(16)2-3-10(17)7-15;1-2/h6,9-10,12,15-17H,2-5,7-8H2,1H3,(H,13,18);1-2H3/b14-6+;. The number of hydrogen-bond acceptors (Lipinski definition) is 7. The van der Waals surface area contributed by atoms with Crippen molar-refractivity contribution in [2.45, 2.75) is 38.9 Å². The van der Waals surface area contributed by atoms with Crippen LogP contribution in [0.5, 0.6) is 0 Å². The molecule has 2 unspecified atom stereocenters. The molecule has 5 N–H and O–H groups in total. The van der Waals surface area contributed by atoms with Crippen molar-refractivity contribution in [2.24, 2.45) is 5.16 Å². The van der Waals surface area contributed by atoms with Gasteiger partial charge in [-0.2, -0.15) is 0 Å². The highest BCUT2D eigenvalue weighted by Crippen LogP contribution is 1.99. The summed E-state index contributed by atoms with van der Waals surface area (Å²) in [5, 5.41) is 36.0. The summed E-state index contributed by atoms with van der Waals surface area (Å²) in [6, 6.07) is 0. The Hall–Kier alpha value is -1.22. The molecular formula is C13H29N3O5. The molecule has 0 rings (SSSR count). The van der Waals surface area contributed by atoms with Crippen molar-refractivity contribution in [3.05, 3.63) is 0 Å². The van der Waals surface area contributed by atoms with Gasteiger partial charge in [-0.3, -0.25) is 4.79 Å². The van der Waals surface area contributed by atoms with Crippen molar-refractivity contribution in [3.63, 3.8) is 0 Å². The van der Waals surface area contributed by atoms with Crippen molar-refractivity contribution < 1.29 is 25.0 Å². The van der Waals surface area contributed by atoms with E-state index in [0.717, 1.165) is 6.21 Å². The van der Waals surface area contributed by atoms with Crippen LogP contribution in [-0.2, 0) is 9.63 Å². The van der Waals surface area contributed by atoms with Crippen molar-refractivity contribution in [3.8, 4) is 0 Å². The zero-order valence-electron chi connectivity index (χ0n) is 13.1. The van der Waals surface area contributed by atoms with Gasteiger partial charge in [-0.05, 0) is 19.9 Å². The van der Waals surface area contributed by atoms with E-state index in [2.05, 4.69) is 15.8 Å². The molecule has 0 saturated heterocycles. The zero-order chi connectivity index (χ0) is 16.5. The largest absolute Gasteiger partial charge is 0.394 e. The second-order valence-corrected chi connectivity index (χ2v) is 3.96. The molecule has 0 heterocycles. The molecule has 0 aromatic heterocycles. The fourth-order valence-electron chi connectivity index (χ4n) is 1.12. The second kappa shape index (κ2) is 16.8. The summed E-state index contributed by atoms with van der Waals surface area (Å²) in [4.78, 5) is 15.9. The van der Waals surface area contributed by atoms with Gasteiger partial charge in [-0.15, -0.1) is 0 Å². The van der Waals surface area contributed by atoms with Crippen LogP contribution < -0.4 is 10.6 Å².